The van der Waals surface area contributed by atoms with E-state index in [4.69, 9.17) is 21.1 Å². The molecule has 32 heavy (non-hydrogen) atoms. The Morgan fingerprint density at radius 3 is 2.41 bits per heavy atom. The molecule has 1 amide bonds. The van der Waals surface area contributed by atoms with Crippen molar-refractivity contribution >= 4 is 29.1 Å². The first kappa shape index (κ1) is 23.4. The standard InChI is InChI=1S/C23H25ClN2O6/c1-25(2)9-10-26-20(13-5-8-17(31-3)18(11-13)32-4)19(22(29)23(26)30)21(28)15-12-14(24)6-7-16(15)27/h5-8,11-12,20,27-28H,9-10H2,1-4H3/t20-/m0/s1. The molecule has 1 aliphatic heterocycles. The molecule has 0 saturated carbocycles. The van der Waals surface area contributed by atoms with Gasteiger partial charge in [-0.2, -0.15) is 0 Å². The topological polar surface area (TPSA) is 99.5 Å². The molecule has 0 aliphatic carbocycles. The summed E-state index contributed by atoms with van der Waals surface area (Å²) in [6, 6.07) is 8.23. The molecule has 2 N–H and O–H groups in total. The maximum absolute atomic E-state index is 13.0. The Balaban J connectivity index is 2.23. The molecule has 1 aliphatic rings. The molecule has 8 nitrogen and oxygen atoms in total. The molecule has 1 atom stereocenters. The second-order valence-corrected chi connectivity index (χ2v) is 8.01. The second kappa shape index (κ2) is 9.50. The zero-order chi connectivity index (χ0) is 23.6. The van der Waals surface area contributed by atoms with Crippen LogP contribution >= 0.6 is 11.6 Å². The zero-order valence-electron chi connectivity index (χ0n) is 18.3. The number of Topliss-reactive ketones (excluding diaryl/α,β-unsaturated/α-hetero) is 1. The number of aliphatic hydroxyl groups excluding tert-OH is 1. The number of likely N-dealkylation sites (tertiary alicyclic amines) is 1. The van der Waals surface area contributed by atoms with Crippen molar-refractivity contribution in [1.82, 2.24) is 9.80 Å². The lowest BCUT2D eigenvalue weighted by molar-refractivity contribution is -0.140. The van der Waals surface area contributed by atoms with Crippen LogP contribution in [0.5, 0.6) is 17.2 Å². The van der Waals surface area contributed by atoms with Gasteiger partial charge >= 0.3 is 0 Å². The number of phenols is 1. The van der Waals surface area contributed by atoms with Crippen LogP contribution in [-0.2, 0) is 9.59 Å². The van der Waals surface area contributed by atoms with E-state index in [-0.39, 0.29) is 28.5 Å². The van der Waals surface area contributed by atoms with Crippen LogP contribution in [0.15, 0.2) is 42.0 Å². The molecule has 3 rings (SSSR count). The maximum Gasteiger partial charge on any atom is 0.295 e. The van der Waals surface area contributed by atoms with Crippen molar-refractivity contribution in [2.45, 2.75) is 6.04 Å². The SMILES string of the molecule is COc1ccc([C@H]2C(=C(O)c3cc(Cl)ccc3O)C(=O)C(=O)N2CCN(C)C)cc1OC. The van der Waals surface area contributed by atoms with Gasteiger partial charge in [0.1, 0.15) is 11.5 Å². The molecule has 0 unspecified atom stereocenters. The van der Waals surface area contributed by atoms with Crippen molar-refractivity contribution in [2.75, 3.05) is 41.4 Å². The monoisotopic (exact) mass is 460 g/mol. The Morgan fingerprint density at radius 1 is 1.09 bits per heavy atom. The average Bonchev–Trinajstić information content (AvgIpc) is 3.03. The number of amides is 1. The molecule has 2 aromatic rings. The molecule has 2 aromatic carbocycles. The van der Waals surface area contributed by atoms with Gasteiger partial charge < -0.3 is 29.5 Å². The maximum atomic E-state index is 13.0. The Kier molecular flexibility index (Phi) is 6.96. The third-order valence-electron chi connectivity index (χ3n) is 5.27. The fraction of sp³-hybridized carbons (Fsp3) is 0.304. The van der Waals surface area contributed by atoms with Gasteiger partial charge in [0, 0.05) is 18.1 Å². The van der Waals surface area contributed by atoms with E-state index in [1.54, 1.807) is 18.2 Å². The van der Waals surface area contributed by atoms with Crippen molar-refractivity contribution in [3.63, 3.8) is 0 Å². The molecule has 1 saturated heterocycles. The number of halogens is 1. The molecule has 170 valence electrons. The lowest BCUT2D eigenvalue weighted by atomic mass is 9.94. The number of hydrogen-bond acceptors (Lipinski definition) is 7. The van der Waals surface area contributed by atoms with Crippen LogP contribution in [-0.4, -0.2) is 73.1 Å². The number of rotatable bonds is 7. The van der Waals surface area contributed by atoms with E-state index < -0.39 is 23.5 Å². The van der Waals surface area contributed by atoms with Gasteiger partial charge in [0.05, 0.1) is 31.4 Å². The molecule has 9 heteroatoms. The highest BCUT2D eigenvalue weighted by Crippen LogP contribution is 2.43. The Morgan fingerprint density at radius 2 is 1.78 bits per heavy atom. The first-order chi connectivity index (χ1) is 15.2. The molecule has 1 fully saturated rings. The summed E-state index contributed by atoms with van der Waals surface area (Å²) >= 11 is 6.03. The predicted molar refractivity (Wildman–Crippen MR) is 120 cm³/mol. The van der Waals surface area contributed by atoms with Gasteiger partial charge in [0.25, 0.3) is 11.7 Å². The van der Waals surface area contributed by atoms with Crippen LogP contribution in [0, 0.1) is 0 Å². The summed E-state index contributed by atoms with van der Waals surface area (Å²) in [5.74, 6) is -1.47. The molecule has 0 spiro atoms. The first-order valence-electron chi connectivity index (χ1n) is 9.83. The minimum absolute atomic E-state index is 0.0337. The minimum atomic E-state index is -0.895. The largest absolute Gasteiger partial charge is 0.507 e. The third kappa shape index (κ3) is 4.37. The normalized spacial score (nSPS) is 17.8. The molecule has 0 bridgehead atoms. The summed E-state index contributed by atoms with van der Waals surface area (Å²) in [5, 5.41) is 21.6. The number of benzene rings is 2. The van der Waals surface area contributed by atoms with Crippen LogP contribution in [0.2, 0.25) is 5.02 Å². The van der Waals surface area contributed by atoms with Gasteiger partial charge in [0.2, 0.25) is 0 Å². The number of carbonyl (C=O) groups excluding carboxylic acids is 2. The summed E-state index contributed by atoms with van der Waals surface area (Å²) in [6.45, 7) is 0.744. The van der Waals surface area contributed by atoms with Crippen molar-refractivity contribution in [3.05, 3.63) is 58.1 Å². The number of carbonyl (C=O) groups is 2. The van der Waals surface area contributed by atoms with Crippen molar-refractivity contribution in [3.8, 4) is 17.2 Å². The van der Waals surface area contributed by atoms with E-state index in [0.717, 1.165) is 0 Å². The molecular formula is C23H25ClN2O6. The summed E-state index contributed by atoms with van der Waals surface area (Å²) in [7, 11) is 6.69. The van der Waals surface area contributed by atoms with Crippen LogP contribution in [0.1, 0.15) is 17.2 Å². The van der Waals surface area contributed by atoms with E-state index in [2.05, 4.69) is 0 Å². The van der Waals surface area contributed by atoms with Crippen LogP contribution < -0.4 is 9.47 Å². The van der Waals surface area contributed by atoms with Crippen LogP contribution in [0.25, 0.3) is 5.76 Å². The van der Waals surface area contributed by atoms with E-state index in [9.17, 15) is 19.8 Å². The highest BCUT2D eigenvalue weighted by Gasteiger charge is 2.46. The number of likely N-dealkylation sites (N-methyl/N-ethyl adjacent to an activating group) is 1. The number of aromatic hydroxyl groups is 1. The number of hydrogen-bond donors (Lipinski definition) is 2. The lowest BCUT2D eigenvalue weighted by Crippen LogP contribution is -2.35. The number of phenolic OH excluding ortho intramolecular Hbond substituents is 1. The summed E-state index contributed by atoms with van der Waals surface area (Å²) < 4.78 is 10.7. The fourth-order valence-corrected chi connectivity index (χ4v) is 3.80. The fourth-order valence-electron chi connectivity index (χ4n) is 3.63. The van der Waals surface area contributed by atoms with Gasteiger partial charge in [-0.05, 0) is 50.0 Å². The van der Waals surface area contributed by atoms with Crippen molar-refractivity contribution < 1.29 is 29.3 Å². The van der Waals surface area contributed by atoms with E-state index in [0.29, 0.717) is 23.6 Å². The molecular weight excluding hydrogens is 436 g/mol. The smallest absolute Gasteiger partial charge is 0.295 e. The first-order valence-corrected chi connectivity index (χ1v) is 10.2. The second-order valence-electron chi connectivity index (χ2n) is 7.57. The predicted octanol–water partition coefficient (Wildman–Crippen LogP) is 3.05. The van der Waals surface area contributed by atoms with Gasteiger partial charge in [0.15, 0.2) is 11.5 Å². The Bertz CT molecular complexity index is 1080. The number of ketones is 1. The lowest BCUT2D eigenvalue weighted by Gasteiger charge is -2.27. The van der Waals surface area contributed by atoms with E-state index in [1.807, 2.05) is 19.0 Å². The van der Waals surface area contributed by atoms with Gasteiger partial charge in [-0.1, -0.05) is 17.7 Å². The number of aliphatic hydroxyl groups is 1. The number of nitrogens with zero attached hydrogens (tertiary/aromatic N) is 2. The average molecular weight is 461 g/mol. The van der Waals surface area contributed by atoms with Gasteiger partial charge in [-0.25, -0.2) is 0 Å². The quantitative estimate of drug-likeness (QED) is 0.372. The summed E-state index contributed by atoms with van der Waals surface area (Å²) in [4.78, 5) is 29.3. The zero-order valence-corrected chi connectivity index (χ0v) is 19.0. The number of methoxy groups -OCH3 is 2. The molecule has 0 radical (unpaired) electrons. The van der Waals surface area contributed by atoms with Crippen LogP contribution in [0.3, 0.4) is 0 Å². The van der Waals surface area contributed by atoms with Crippen molar-refractivity contribution in [1.29, 1.82) is 0 Å². The summed E-state index contributed by atoms with van der Waals surface area (Å²) in [6.07, 6.45) is 0. The Labute approximate surface area is 191 Å². The highest BCUT2D eigenvalue weighted by molar-refractivity contribution is 6.46. The molecule has 0 aromatic heterocycles. The minimum Gasteiger partial charge on any atom is -0.507 e. The highest BCUT2D eigenvalue weighted by atomic mass is 35.5. The van der Waals surface area contributed by atoms with E-state index >= 15 is 0 Å². The molecule has 1 heterocycles. The van der Waals surface area contributed by atoms with Crippen molar-refractivity contribution in [2.24, 2.45) is 0 Å². The third-order valence-corrected chi connectivity index (χ3v) is 5.50. The van der Waals surface area contributed by atoms with Gasteiger partial charge in [-0.15, -0.1) is 0 Å². The van der Waals surface area contributed by atoms with Crippen LogP contribution in [0.4, 0.5) is 0 Å². The number of ether oxygens (including phenoxy) is 2. The Hall–Kier alpha value is -3.23. The van der Waals surface area contributed by atoms with E-state index in [1.165, 1.54) is 37.3 Å². The summed E-state index contributed by atoms with van der Waals surface area (Å²) in [5.41, 5.74) is 0.371. The van der Waals surface area contributed by atoms with Gasteiger partial charge in [-0.3, -0.25) is 9.59 Å².